The van der Waals surface area contributed by atoms with Gasteiger partial charge in [0.2, 0.25) is 5.91 Å². The number of hydrogen-bond acceptors (Lipinski definition) is 1. The second-order valence-electron chi connectivity index (χ2n) is 5.43. The van der Waals surface area contributed by atoms with Gasteiger partial charge in [0.05, 0.1) is 4.32 Å². The lowest BCUT2D eigenvalue weighted by Crippen LogP contribution is -2.47. The van der Waals surface area contributed by atoms with Crippen molar-refractivity contribution in [3.8, 4) is 0 Å². The highest BCUT2D eigenvalue weighted by atomic mass is 79.9. The van der Waals surface area contributed by atoms with Gasteiger partial charge in [0.25, 0.3) is 0 Å². The van der Waals surface area contributed by atoms with Gasteiger partial charge < -0.3 is 4.90 Å². The molecule has 0 N–H and O–H groups in total. The fourth-order valence-electron chi connectivity index (χ4n) is 1.98. The maximum atomic E-state index is 12.0. The van der Waals surface area contributed by atoms with Gasteiger partial charge >= 0.3 is 0 Å². The second-order valence-corrected chi connectivity index (χ2v) is 7.41. The Morgan fingerprint density at radius 2 is 1.87 bits per heavy atom. The van der Waals surface area contributed by atoms with Crippen molar-refractivity contribution in [1.29, 1.82) is 0 Å². The molecule has 1 rings (SSSR count). The van der Waals surface area contributed by atoms with Crippen molar-refractivity contribution in [2.75, 3.05) is 13.1 Å². The highest BCUT2D eigenvalue weighted by molar-refractivity contribution is 9.10. The average Bonchev–Trinajstić information content (AvgIpc) is 2.17. The van der Waals surface area contributed by atoms with Crippen molar-refractivity contribution in [1.82, 2.24) is 4.90 Å². The molecule has 0 aromatic heterocycles. The lowest BCUT2D eigenvalue weighted by Gasteiger charge is -2.40. The minimum absolute atomic E-state index is 0.223. The summed E-state index contributed by atoms with van der Waals surface area (Å²) in [7, 11) is 0. The van der Waals surface area contributed by atoms with E-state index in [1.54, 1.807) is 0 Å². The van der Waals surface area contributed by atoms with Gasteiger partial charge in [0.15, 0.2) is 0 Å². The Morgan fingerprint density at radius 1 is 1.40 bits per heavy atom. The molecule has 0 aliphatic carbocycles. The van der Waals surface area contributed by atoms with Gasteiger partial charge in [-0.05, 0) is 32.1 Å². The third-order valence-electron chi connectivity index (χ3n) is 3.62. The van der Waals surface area contributed by atoms with Crippen LogP contribution in [0, 0.1) is 5.41 Å². The summed E-state index contributed by atoms with van der Waals surface area (Å²) in [6.07, 6.45) is 3.49. The largest absolute Gasteiger partial charge is 0.341 e. The monoisotopic (exact) mass is 275 g/mol. The van der Waals surface area contributed by atoms with Crippen LogP contribution in [0.25, 0.3) is 0 Å². The highest BCUT2D eigenvalue weighted by Gasteiger charge is 2.35. The number of carbonyl (C=O) groups is 1. The maximum Gasteiger partial charge on any atom is 0.238 e. The molecule has 15 heavy (non-hydrogen) atoms. The van der Waals surface area contributed by atoms with Gasteiger partial charge in [-0.25, -0.2) is 0 Å². The Kier molecular flexibility index (Phi) is 3.85. The summed E-state index contributed by atoms with van der Waals surface area (Å²) in [5.41, 5.74) is 0.452. The van der Waals surface area contributed by atoms with E-state index in [0.717, 1.165) is 25.9 Å². The van der Waals surface area contributed by atoms with Gasteiger partial charge in [-0.3, -0.25) is 4.79 Å². The van der Waals surface area contributed by atoms with E-state index in [0.29, 0.717) is 5.41 Å². The molecular formula is C12H22BrNO. The number of hydrogen-bond donors (Lipinski definition) is 0. The Bertz CT molecular complexity index is 236. The van der Waals surface area contributed by atoms with E-state index in [4.69, 9.17) is 0 Å². The van der Waals surface area contributed by atoms with Gasteiger partial charge in [-0.1, -0.05) is 36.2 Å². The van der Waals surface area contributed by atoms with E-state index in [1.165, 1.54) is 6.42 Å². The van der Waals surface area contributed by atoms with E-state index in [-0.39, 0.29) is 5.91 Å². The maximum absolute atomic E-state index is 12.0. The number of carbonyl (C=O) groups excluding carboxylic acids is 1. The molecule has 0 aromatic carbocycles. The van der Waals surface area contributed by atoms with Crippen LogP contribution in [0.15, 0.2) is 0 Å². The molecule has 0 saturated carbocycles. The molecule has 0 unspecified atom stereocenters. The average molecular weight is 276 g/mol. The number of amides is 1. The third-order valence-corrected chi connectivity index (χ3v) is 3.96. The smallest absolute Gasteiger partial charge is 0.238 e. The third kappa shape index (κ3) is 3.20. The molecule has 2 nitrogen and oxygen atoms in total. The lowest BCUT2D eigenvalue weighted by molar-refractivity contribution is -0.135. The Morgan fingerprint density at radius 3 is 2.20 bits per heavy atom. The minimum atomic E-state index is -0.410. The van der Waals surface area contributed by atoms with E-state index in [9.17, 15) is 4.79 Å². The number of halogens is 1. The first-order valence-corrected chi connectivity index (χ1v) is 6.56. The molecule has 1 aliphatic heterocycles. The van der Waals surface area contributed by atoms with Crippen LogP contribution in [0.3, 0.4) is 0 Å². The Balaban J connectivity index is 2.55. The standard InChI is InChI=1S/C12H22BrNO/c1-5-12(4)6-8-14(9-7-12)10(15)11(2,3)13/h5-9H2,1-4H3. The van der Waals surface area contributed by atoms with E-state index in [2.05, 4.69) is 29.8 Å². The van der Waals surface area contributed by atoms with Gasteiger partial charge in [-0.15, -0.1) is 0 Å². The SMILES string of the molecule is CCC1(C)CCN(C(=O)C(C)(C)Br)CC1. The number of piperidine rings is 1. The summed E-state index contributed by atoms with van der Waals surface area (Å²) in [6.45, 7) is 10.2. The van der Waals surface area contributed by atoms with Crippen molar-refractivity contribution >= 4 is 21.8 Å². The summed E-state index contributed by atoms with van der Waals surface area (Å²) in [5.74, 6) is 0.223. The molecule has 1 fully saturated rings. The zero-order chi connectivity index (χ0) is 11.7. The first-order valence-electron chi connectivity index (χ1n) is 5.77. The van der Waals surface area contributed by atoms with Crippen molar-refractivity contribution in [3.05, 3.63) is 0 Å². The van der Waals surface area contributed by atoms with Gasteiger partial charge in [0.1, 0.15) is 0 Å². The highest BCUT2D eigenvalue weighted by Crippen LogP contribution is 2.35. The molecule has 0 radical (unpaired) electrons. The summed E-state index contributed by atoms with van der Waals surface area (Å²) in [5, 5.41) is 0. The molecule has 1 amide bonds. The molecule has 0 spiro atoms. The van der Waals surface area contributed by atoms with Crippen molar-refractivity contribution in [3.63, 3.8) is 0 Å². The first kappa shape index (κ1) is 13.0. The normalized spacial score (nSPS) is 21.5. The number of likely N-dealkylation sites (tertiary alicyclic amines) is 1. The molecule has 88 valence electrons. The van der Waals surface area contributed by atoms with Crippen LogP contribution in [-0.4, -0.2) is 28.2 Å². The predicted molar refractivity (Wildman–Crippen MR) is 67.2 cm³/mol. The molecule has 0 bridgehead atoms. The van der Waals surface area contributed by atoms with Crippen LogP contribution in [-0.2, 0) is 4.79 Å². The predicted octanol–water partition coefficient (Wildman–Crippen LogP) is 3.20. The minimum Gasteiger partial charge on any atom is -0.341 e. The van der Waals surface area contributed by atoms with E-state index in [1.807, 2.05) is 18.7 Å². The Hall–Kier alpha value is -0.0500. The van der Waals surface area contributed by atoms with Crippen LogP contribution >= 0.6 is 15.9 Å². The summed E-state index contributed by atoms with van der Waals surface area (Å²) in [4.78, 5) is 14.0. The van der Waals surface area contributed by atoms with Crippen LogP contribution in [0.4, 0.5) is 0 Å². The van der Waals surface area contributed by atoms with Crippen LogP contribution in [0.2, 0.25) is 0 Å². The molecule has 3 heteroatoms. The molecule has 1 heterocycles. The second kappa shape index (κ2) is 4.44. The molecule has 1 saturated heterocycles. The molecule has 0 atom stereocenters. The van der Waals surface area contributed by atoms with Gasteiger partial charge in [-0.2, -0.15) is 0 Å². The topological polar surface area (TPSA) is 20.3 Å². The zero-order valence-corrected chi connectivity index (χ0v) is 11.9. The van der Waals surface area contributed by atoms with Crippen LogP contribution in [0.5, 0.6) is 0 Å². The lowest BCUT2D eigenvalue weighted by atomic mass is 9.78. The molecule has 0 aromatic rings. The first-order chi connectivity index (χ1) is 6.78. The van der Waals surface area contributed by atoms with Crippen molar-refractivity contribution in [2.45, 2.75) is 51.3 Å². The van der Waals surface area contributed by atoms with E-state index < -0.39 is 4.32 Å². The summed E-state index contributed by atoms with van der Waals surface area (Å²) >= 11 is 3.43. The fourth-order valence-corrected chi connectivity index (χ4v) is 2.23. The molecular weight excluding hydrogens is 254 g/mol. The van der Waals surface area contributed by atoms with Crippen LogP contribution < -0.4 is 0 Å². The summed E-state index contributed by atoms with van der Waals surface area (Å²) < 4.78 is -0.410. The summed E-state index contributed by atoms with van der Waals surface area (Å²) in [6, 6.07) is 0. The number of alkyl halides is 1. The zero-order valence-electron chi connectivity index (χ0n) is 10.3. The fraction of sp³-hybridized carbons (Fsp3) is 0.917. The van der Waals surface area contributed by atoms with E-state index >= 15 is 0 Å². The van der Waals surface area contributed by atoms with Crippen molar-refractivity contribution in [2.24, 2.45) is 5.41 Å². The number of rotatable bonds is 2. The van der Waals surface area contributed by atoms with Crippen molar-refractivity contribution < 1.29 is 4.79 Å². The Labute approximate surface area is 102 Å². The quantitative estimate of drug-likeness (QED) is 0.709. The van der Waals surface area contributed by atoms with Crippen LogP contribution in [0.1, 0.15) is 47.0 Å². The number of nitrogens with zero attached hydrogens (tertiary/aromatic N) is 1. The van der Waals surface area contributed by atoms with Gasteiger partial charge in [0, 0.05) is 13.1 Å². The molecule has 1 aliphatic rings.